The maximum Gasteiger partial charge on any atom is 0.262 e. The number of halogens is 1. The van der Waals surface area contributed by atoms with Crippen molar-refractivity contribution in [3.05, 3.63) is 41.6 Å². The lowest BCUT2D eigenvalue weighted by Gasteiger charge is -2.10. The molecule has 0 radical (unpaired) electrons. The lowest BCUT2D eigenvalue weighted by atomic mass is 10.3. The van der Waals surface area contributed by atoms with Gasteiger partial charge >= 0.3 is 0 Å². The van der Waals surface area contributed by atoms with E-state index < -0.39 is 10.0 Å². The molecule has 0 spiro atoms. The van der Waals surface area contributed by atoms with Crippen LogP contribution >= 0.6 is 11.6 Å². The SMILES string of the molecule is COc1ccc(NS(=O)(=O)c2ccnc(NN)c2)cc1Cl. The smallest absolute Gasteiger partial charge is 0.262 e. The number of hydrogen-bond donors (Lipinski definition) is 3. The number of nitrogens with one attached hydrogen (secondary N) is 2. The third kappa shape index (κ3) is 3.54. The van der Waals surface area contributed by atoms with Gasteiger partial charge in [-0.1, -0.05) is 11.6 Å². The van der Waals surface area contributed by atoms with Gasteiger partial charge in [0, 0.05) is 12.3 Å². The highest BCUT2D eigenvalue weighted by atomic mass is 35.5. The first-order chi connectivity index (χ1) is 9.96. The van der Waals surface area contributed by atoms with Crippen molar-refractivity contribution in [3.63, 3.8) is 0 Å². The monoisotopic (exact) mass is 328 g/mol. The second-order valence-corrected chi connectivity index (χ2v) is 6.07. The minimum atomic E-state index is -3.77. The van der Waals surface area contributed by atoms with E-state index in [1.165, 1.54) is 31.5 Å². The van der Waals surface area contributed by atoms with Crippen LogP contribution in [0.3, 0.4) is 0 Å². The molecule has 0 aliphatic heterocycles. The number of nitrogens with zero attached hydrogens (tertiary/aromatic N) is 1. The van der Waals surface area contributed by atoms with Crippen LogP contribution in [0.15, 0.2) is 41.4 Å². The number of rotatable bonds is 5. The number of benzene rings is 1. The van der Waals surface area contributed by atoms with Crippen molar-refractivity contribution in [2.45, 2.75) is 4.90 Å². The Morgan fingerprint density at radius 2 is 2.05 bits per heavy atom. The van der Waals surface area contributed by atoms with Gasteiger partial charge in [0.15, 0.2) is 0 Å². The summed E-state index contributed by atoms with van der Waals surface area (Å²) >= 11 is 5.96. The summed E-state index contributed by atoms with van der Waals surface area (Å²) in [7, 11) is -2.29. The van der Waals surface area contributed by atoms with Gasteiger partial charge in [0.2, 0.25) is 0 Å². The molecule has 9 heteroatoms. The molecule has 0 amide bonds. The Labute approximate surface area is 127 Å². The van der Waals surface area contributed by atoms with Crippen LogP contribution in [0.5, 0.6) is 5.75 Å². The van der Waals surface area contributed by atoms with E-state index in [-0.39, 0.29) is 10.7 Å². The summed E-state index contributed by atoms with van der Waals surface area (Å²) in [6.45, 7) is 0. The Hall–Kier alpha value is -2.03. The van der Waals surface area contributed by atoms with E-state index in [1.54, 1.807) is 12.1 Å². The average molecular weight is 329 g/mol. The van der Waals surface area contributed by atoms with E-state index in [1.807, 2.05) is 0 Å². The van der Waals surface area contributed by atoms with E-state index in [4.69, 9.17) is 22.2 Å². The molecule has 2 rings (SSSR count). The largest absolute Gasteiger partial charge is 0.495 e. The molecular formula is C12H13ClN4O3S. The summed E-state index contributed by atoms with van der Waals surface area (Å²) in [5.41, 5.74) is 2.61. The lowest BCUT2D eigenvalue weighted by molar-refractivity contribution is 0.415. The number of anilines is 2. The third-order valence-electron chi connectivity index (χ3n) is 2.59. The zero-order valence-corrected chi connectivity index (χ0v) is 12.6. The van der Waals surface area contributed by atoms with Crippen molar-refractivity contribution in [1.29, 1.82) is 0 Å². The Morgan fingerprint density at radius 1 is 1.29 bits per heavy atom. The van der Waals surface area contributed by atoms with E-state index in [9.17, 15) is 8.42 Å². The lowest BCUT2D eigenvalue weighted by Crippen LogP contribution is -2.15. The molecule has 0 unspecified atom stereocenters. The first-order valence-electron chi connectivity index (χ1n) is 5.75. The Balaban J connectivity index is 2.30. The molecule has 7 nitrogen and oxygen atoms in total. The van der Waals surface area contributed by atoms with Gasteiger partial charge < -0.3 is 10.2 Å². The molecule has 2 aromatic rings. The minimum absolute atomic E-state index is 0.0254. The Morgan fingerprint density at radius 3 is 2.67 bits per heavy atom. The minimum Gasteiger partial charge on any atom is -0.495 e. The number of methoxy groups -OCH3 is 1. The van der Waals surface area contributed by atoms with Gasteiger partial charge in [-0.15, -0.1) is 0 Å². The number of nitrogens with two attached hydrogens (primary N) is 1. The summed E-state index contributed by atoms with van der Waals surface area (Å²) in [6.07, 6.45) is 1.34. The molecule has 0 atom stereocenters. The van der Waals surface area contributed by atoms with Crippen LogP contribution in [0.25, 0.3) is 0 Å². The fourth-order valence-corrected chi connectivity index (χ4v) is 2.92. The van der Waals surface area contributed by atoms with Crippen LogP contribution in [0, 0.1) is 0 Å². The molecule has 1 aromatic carbocycles. The molecule has 1 heterocycles. The molecule has 0 fully saturated rings. The summed E-state index contributed by atoms with van der Waals surface area (Å²) in [5, 5.41) is 0.303. The Bertz CT molecular complexity index is 752. The van der Waals surface area contributed by atoms with Crippen LogP contribution in [-0.4, -0.2) is 20.5 Å². The number of pyridine rings is 1. The molecule has 4 N–H and O–H groups in total. The molecule has 0 saturated heterocycles. The van der Waals surface area contributed by atoms with Gasteiger partial charge in [0.1, 0.15) is 11.6 Å². The molecular weight excluding hydrogens is 316 g/mol. The zero-order chi connectivity index (χ0) is 15.5. The van der Waals surface area contributed by atoms with Crippen molar-refractivity contribution in [3.8, 4) is 5.75 Å². The standard InChI is InChI=1S/C12H13ClN4O3S/c1-20-11-3-2-8(6-10(11)13)17-21(18,19)9-4-5-15-12(7-9)16-14/h2-7,17H,14H2,1H3,(H,15,16). The quantitative estimate of drug-likeness (QED) is 0.571. The van der Waals surface area contributed by atoms with E-state index >= 15 is 0 Å². The highest BCUT2D eigenvalue weighted by Gasteiger charge is 2.15. The molecule has 0 saturated carbocycles. The fourth-order valence-electron chi connectivity index (χ4n) is 1.60. The van der Waals surface area contributed by atoms with E-state index in [2.05, 4.69) is 15.1 Å². The van der Waals surface area contributed by atoms with Crippen LogP contribution < -0.4 is 20.7 Å². The molecule has 0 aliphatic rings. The summed E-state index contributed by atoms with van der Waals surface area (Å²) in [6, 6.07) is 7.24. The number of nitrogen functional groups attached to an aromatic ring is 1. The van der Waals surface area contributed by atoms with E-state index in [0.717, 1.165) is 0 Å². The Kier molecular flexibility index (Phi) is 4.51. The molecule has 0 bridgehead atoms. The topological polar surface area (TPSA) is 106 Å². The maximum absolute atomic E-state index is 12.3. The normalized spacial score (nSPS) is 11.0. The molecule has 1 aromatic heterocycles. The number of ether oxygens (including phenoxy) is 1. The number of hydrazine groups is 1. The zero-order valence-electron chi connectivity index (χ0n) is 11.0. The van der Waals surface area contributed by atoms with Crippen LogP contribution in [0.1, 0.15) is 0 Å². The van der Waals surface area contributed by atoms with Crippen LogP contribution in [0.2, 0.25) is 5.02 Å². The number of sulfonamides is 1. The van der Waals surface area contributed by atoms with Crippen molar-refractivity contribution < 1.29 is 13.2 Å². The predicted molar refractivity (Wildman–Crippen MR) is 80.9 cm³/mol. The van der Waals surface area contributed by atoms with Gasteiger partial charge in [-0.05, 0) is 24.3 Å². The van der Waals surface area contributed by atoms with Crippen LogP contribution in [-0.2, 0) is 10.0 Å². The third-order valence-corrected chi connectivity index (χ3v) is 4.27. The second-order valence-electron chi connectivity index (χ2n) is 3.98. The van der Waals surface area contributed by atoms with Gasteiger partial charge in [0.05, 0.1) is 22.7 Å². The summed E-state index contributed by atoms with van der Waals surface area (Å²) in [4.78, 5) is 3.87. The fraction of sp³-hybridized carbons (Fsp3) is 0.0833. The van der Waals surface area contributed by atoms with Gasteiger partial charge in [-0.3, -0.25) is 4.72 Å². The molecule has 0 aliphatic carbocycles. The van der Waals surface area contributed by atoms with Crippen molar-refractivity contribution in [1.82, 2.24) is 4.98 Å². The molecule has 21 heavy (non-hydrogen) atoms. The van der Waals surface area contributed by atoms with Crippen molar-refractivity contribution in [2.24, 2.45) is 5.84 Å². The first kappa shape index (κ1) is 15.4. The molecule has 112 valence electrons. The number of aromatic nitrogens is 1. The highest BCUT2D eigenvalue weighted by Crippen LogP contribution is 2.28. The first-order valence-corrected chi connectivity index (χ1v) is 7.61. The number of hydrogen-bond acceptors (Lipinski definition) is 6. The van der Waals surface area contributed by atoms with E-state index in [0.29, 0.717) is 16.5 Å². The van der Waals surface area contributed by atoms with Gasteiger partial charge in [-0.2, -0.15) is 0 Å². The highest BCUT2D eigenvalue weighted by molar-refractivity contribution is 7.92. The predicted octanol–water partition coefficient (Wildman–Crippen LogP) is 1.83. The second kappa shape index (κ2) is 6.17. The summed E-state index contributed by atoms with van der Waals surface area (Å²) < 4.78 is 31.9. The summed E-state index contributed by atoms with van der Waals surface area (Å²) in [5.74, 6) is 5.91. The average Bonchev–Trinajstić information content (AvgIpc) is 2.47. The van der Waals surface area contributed by atoms with Crippen molar-refractivity contribution in [2.75, 3.05) is 17.3 Å². The maximum atomic E-state index is 12.3. The van der Waals surface area contributed by atoms with Crippen LogP contribution in [0.4, 0.5) is 11.5 Å². The van der Waals surface area contributed by atoms with Gasteiger partial charge in [-0.25, -0.2) is 19.2 Å². The van der Waals surface area contributed by atoms with Crippen molar-refractivity contribution >= 4 is 33.1 Å². The van der Waals surface area contributed by atoms with Gasteiger partial charge in [0.25, 0.3) is 10.0 Å².